The molecular weight excluding hydrogens is 285 g/mol. The number of aryl methyl sites for hydroxylation is 1. The summed E-state index contributed by atoms with van der Waals surface area (Å²) in [6.07, 6.45) is 0. The highest BCUT2D eigenvalue weighted by atomic mass is 19.1. The Kier molecular flexibility index (Phi) is 5.25. The van der Waals surface area contributed by atoms with E-state index in [4.69, 9.17) is 4.74 Å². The number of benzene rings is 2. The largest absolute Gasteiger partial charge is 0.460 e. The molecule has 22 heavy (non-hydrogen) atoms. The van der Waals surface area contributed by atoms with Gasteiger partial charge in [0.25, 0.3) is 5.91 Å². The van der Waals surface area contributed by atoms with Crippen molar-refractivity contribution in [3.8, 4) is 0 Å². The second-order valence-electron chi connectivity index (χ2n) is 4.79. The summed E-state index contributed by atoms with van der Waals surface area (Å²) in [7, 11) is 0. The van der Waals surface area contributed by atoms with Gasteiger partial charge >= 0.3 is 5.97 Å². The molecule has 2 aromatic rings. The van der Waals surface area contributed by atoms with E-state index in [1.54, 1.807) is 24.3 Å². The van der Waals surface area contributed by atoms with E-state index < -0.39 is 5.97 Å². The summed E-state index contributed by atoms with van der Waals surface area (Å²) in [5.74, 6) is -1.30. The van der Waals surface area contributed by atoms with Crippen molar-refractivity contribution in [2.75, 3.05) is 6.54 Å². The van der Waals surface area contributed by atoms with Crippen molar-refractivity contribution in [1.82, 2.24) is 5.32 Å². The summed E-state index contributed by atoms with van der Waals surface area (Å²) in [5, 5.41) is 2.50. The third-order valence-corrected chi connectivity index (χ3v) is 3.07. The number of carbonyl (C=O) groups is 2. The second kappa shape index (κ2) is 7.36. The smallest absolute Gasteiger partial charge is 0.325 e. The van der Waals surface area contributed by atoms with Crippen LogP contribution < -0.4 is 5.32 Å². The molecule has 0 aliphatic carbocycles. The van der Waals surface area contributed by atoms with Crippen LogP contribution in [0.5, 0.6) is 0 Å². The molecule has 4 nitrogen and oxygen atoms in total. The van der Waals surface area contributed by atoms with Gasteiger partial charge in [0.1, 0.15) is 19.0 Å². The Morgan fingerprint density at radius 3 is 2.64 bits per heavy atom. The molecule has 0 aromatic heterocycles. The number of halogens is 1. The first-order chi connectivity index (χ1) is 10.6. The summed E-state index contributed by atoms with van der Waals surface area (Å²) >= 11 is 0. The van der Waals surface area contributed by atoms with Crippen LogP contribution in [-0.2, 0) is 16.1 Å². The van der Waals surface area contributed by atoms with Gasteiger partial charge in [0.05, 0.1) is 0 Å². The molecule has 1 N–H and O–H groups in total. The maximum absolute atomic E-state index is 13.0. The minimum absolute atomic E-state index is 0.0309. The molecule has 0 radical (unpaired) electrons. The quantitative estimate of drug-likeness (QED) is 0.864. The molecular formula is C17H16FNO3. The lowest BCUT2D eigenvalue weighted by Crippen LogP contribution is -2.31. The van der Waals surface area contributed by atoms with Gasteiger partial charge in [-0.25, -0.2) is 4.39 Å². The lowest BCUT2D eigenvalue weighted by molar-refractivity contribution is -0.143. The molecule has 0 fully saturated rings. The van der Waals surface area contributed by atoms with E-state index in [0.29, 0.717) is 11.1 Å². The van der Waals surface area contributed by atoms with E-state index in [9.17, 15) is 14.0 Å². The first-order valence-corrected chi connectivity index (χ1v) is 6.80. The third-order valence-electron chi connectivity index (χ3n) is 3.07. The average Bonchev–Trinajstić information content (AvgIpc) is 2.51. The number of rotatable bonds is 5. The molecule has 1 amide bonds. The zero-order chi connectivity index (χ0) is 15.9. The molecule has 0 spiro atoms. The van der Waals surface area contributed by atoms with E-state index in [-0.39, 0.29) is 24.9 Å². The maximum Gasteiger partial charge on any atom is 0.325 e. The summed E-state index contributed by atoms with van der Waals surface area (Å²) < 4.78 is 18.0. The first-order valence-electron chi connectivity index (χ1n) is 6.80. The van der Waals surface area contributed by atoms with E-state index in [1.807, 2.05) is 19.1 Å². The van der Waals surface area contributed by atoms with Crippen LogP contribution in [0.1, 0.15) is 21.5 Å². The Morgan fingerprint density at radius 1 is 1.14 bits per heavy atom. The van der Waals surface area contributed by atoms with Crippen LogP contribution in [0, 0.1) is 12.7 Å². The molecule has 2 rings (SSSR count). The maximum atomic E-state index is 13.0. The zero-order valence-corrected chi connectivity index (χ0v) is 12.1. The Hall–Kier alpha value is -2.69. The van der Waals surface area contributed by atoms with Gasteiger partial charge < -0.3 is 10.1 Å². The summed E-state index contributed by atoms with van der Waals surface area (Å²) in [4.78, 5) is 23.5. The number of amides is 1. The lowest BCUT2D eigenvalue weighted by atomic mass is 10.1. The Morgan fingerprint density at radius 2 is 1.91 bits per heavy atom. The van der Waals surface area contributed by atoms with E-state index in [1.165, 1.54) is 12.1 Å². The van der Waals surface area contributed by atoms with Gasteiger partial charge in [-0.3, -0.25) is 9.59 Å². The van der Waals surface area contributed by atoms with Gasteiger partial charge in [0, 0.05) is 5.56 Å². The number of ether oxygens (including phenoxy) is 1. The van der Waals surface area contributed by atoms with Crippen LogP contribution in [0.25, 0.3) is 0 Å². The van der Waals surface area contributed by atoms with Crippen LogP contribution in [0.4, 0.5) is 4.39 Å². The standard InChI is InChI=1S/C17H16FNO3/c1-12-5-2-3-8-15(12)17(21)19-10-16(20)22-11-13-6-4-7-14(18)9-13/h2-9H,10-11H2,1H3,(H,19,21). The number of carbonyl (C=O) groups excluding carboxylic acids is 2. The van der Waals surface area contributed by atoms with Crippen LogP contribution in [0.15, 0.2) is 48.5 Å². The monoisotopic (exact) mass is 301 g/mol. The summed E-state index contributed by atoms with van der Waals surface area (Å²) in [6.45, 7) is 1.55. The molecule has 2 aromatic carbocycles. The van der Waals surface area contributed by atoms with Crippen molar-refractivity contribution >= 4 is 11.9 Å². The Labute approximate surface area is 127 Å². The topological polar surface area (TPSA) is 55.4 Å². The van der Waals surface area contributed by atoms with Crippen LogP contribution >= 0.6 is 0 Å². The Balaban J connectivity index is 1.81. The number of hydrogen-bond acceptors (Lipinski definition) is 3. The van der Waals surface area contributed by atoms with Crippen molar-refractivity contribution < 1.29 is 18.7 Å². The van der Waals surface area contributed by atoms with Crippen LogP contribution in [-0.4, -0.2) is 18.4 Å². The molecule has 0 saturated carbocycles. The molecule has 0 aliphatic heterocycles. The van der Waals surface area contributed by atoms with E-state index in [0.717, 1.165) is 5.56 Å². The minimum atomic E-state index is -0.578. The highest BCUT2D eigenvalue weighted by molar-refractivity contribution is 5.97. The highest BCUT2D eigenvalue weighted by Crippen LogP contribution is 2.07. The SMILES string of the molecule is Cc1ccccc1C(=O)NCC(=O)OCc1cccc(F)c1. The fourth-order valence-electron chi connectivity index (χ4n) is 1.92. The minimum Gasteiger partial charge on any atom is -0.460 e. The normalized spacial score (nSPS) is 10.1. The zero-order valence-electron chi connectivity index (χ0n) is 12.1. The fraction of sp³-hybridized carbons (Fsp3) is 0.176. The van der Waals surface area contributed by atoms with Crippen molar-refractivity contribution in [2.45, 2.75) is 13.5 Å². The van der Waals surface area contributed by atoms with Crippen molar-refractivity contribution in [3.05, 3.63) is 71.0 Å². The van der Waals surface area contributed by atoms with Gasteiger partial charge in [0.15, 0.2) is 0 Å². The van der Waals surface area contributed by atoms with Gasteiger partial charge in [-0.15, -0.1) is 0 Å². The van der Waals surface area contributed by atoms with Crippen molar-refractivity contribution in [2.24, 2.45) is 0 Å². The van der Waals surface area contributed by atoms with Crippen molar-refractivity contribution in [1.29, 1.82) is 0 Å². The molecule has 114 valence electrons. The number of nitrogens with one attached hydrogen (secondary N) is 1. The van der Waals surface area contributed by atoms with Crippen LogP contribution in [0.3, 0.4) is 0 Å². The predicted molar refractivity (Wildman–Crippen MR) is 79.7 cm³/mol. The summed E-state index contributed by atoms with van der Waals surface area (Å²) in [5.41, 5.74) is 1.90. The van der Waals surface area contributed by atoms with Gasteiger partial charge in [-0.05, 0) is 36.2 Å². The molecule has 5 heteroatoms. The Bertz CT molecular complexity index is 685. The van der Waals surface area contributed by atoms with Gasteiger partial charge in [-0.2, -0.15) is 0 Å². The van der Waals surface area contributed by atoms with Gasteiger partial charge in [-0.1, -0.05) is 30.3 Å². The highest BCUT2D eigenvalue weighted by Gasteiger charge is 2.10. The molecule has 0 atom stereocenters. The predicted octanol–water partition coefficient (Wildman–Crippen LogP) is 2.61. The third kappa shape index (κ3) is 4.41. The lowest BCUT2D eigenvalue weighted by Gasteiger charge is -2.08. The second-order valence-corrected chi connectivity index (χ2v) is 4.79. The number of esters is 1. The molecule has 0 saturated heterocycles. The summed E-state index contributed by atoms with van der Waals surface area (Å²) in [6, 6.07) is 12.9. The fourth-order valence-corrected chi connectivity index (χ4v) is 1.92. The van der Waals surface area contributed by atoms with Crippen LogP contribution in [0.2, 0.25) is 0 Å². The van der Waals surface area contributed by atoms with E-state index in [2.05, 4.69) is 5.32 Å². The molecule has 0 aliphatic rings. The molecule has 0 bridgehead atoms. The van der Waals surface area contributed by atoms with E-state index >= 15 is 0 Å². The molecule has 0 heterocycles. The molecule has 0 unspecified atom stereocenters. The average molecular weight is 301 g/mol. The van der Waals surface area contributed by atoms with Gasteiger partial charge in [0.2, 0.25) is 0 Å². The first kappa shape index (κ1) is 15.7. The number of hydrogen-bond donors (Lipinski definition) is 1. The van der Waals surface area contributed by atoms with Crippen molar-refractivity contribution in [3.63, 3.8) is 0 Å².